The van der Waals surface area contributed by atoms with E-state index in [2.05, 4.69) is 0 Å². The SMILES string of the molecule is CCC(C(=O)Cl)N(C)Sc1c(F)c(F)c(F)c(F)c1F. The molecule has 0 fully saturated rings. The molecular weight excluding hydrogens is 325 g/mol. The molecule has 1 atom stereocenters. The molecule has 0 aliphatic rings. The monoisotopic (exact) mass is 333 g/mol. The lowest BCUT2D eigenvalue weighted by Gasteiger charge is -2.23. The molecule has 0 aliphatic carbocycles. The van der Waals surface area contributed by atoms with Gasteiger partial charge in [0.05, 0.1) is 6.04 Å². The van der Waals surface area contributed by atoms with E-state index in [4.69, 9.17) is 11.6 Å². The third-order valence-corrected chi connectivity index (χ3v) is 3.83. The van der Waals surface area contributed by atoms with Crippen LogP contribution in [0.5, 0.6) is 0 Å². The summed E-state index contributed by atoms with van der Waals surface area (Å²) in [6, 6.07) is -0.920. The molecule has 2 nitrogen and oxygen atoms in total. The van der Waals surface area contributed by atoms with Crippen molar-refractivity contribution >= 4 is 28.8 Å². The Hall–Kier alpha value is -0.860. The van der Waals surface area contributed by atoms with Crippen LogP contribution in [0.3, 0.4) is 0 Å². The van der Waals surface area contributed by atoms with Crippen LogP contribution >= 0.6 is 23.5 Å². The molecule has 20 heavy (non-hydrogen) atoms. The van der Waals surface area contributed by atoms with Gasteiger partial charge in [0, 0.05) is 0 Å². The van der Waals surface area contributed by atoms with Crippen LogP contribution in [-0.4, -0.2) is 22.6 Å². The maximum absolute atomic E-state index is 13.4. The van der Waals surface area contributed by atoms with Gasteiger partial charge in [-0.15, -0.1) is 0 Å². The molecular formula is C11H9ClF5NOS. The maximum atomic E-state index is 13.4. The van der Waals surface area contributed by atoms with Gasteiger partial charge in [-0.25, -0.2) is 26.3 Å². The molecule has 1 aromatic carbocycles. The number of carbonyl (C=O) groups is 1. The molecule has 0 aromatic heterocycles. The first-order chi connectivity index (χ1) is 9.22. The normalized spacial score (nSPS) is 12.8. The van der Waals surface area contributed by atoms with E-state index in [-0.39, 0.29) is 18.4 Å². The maximum Gasteiger partial charge on any atom is 0.239 e. The Bertz CT molecular complexity index is 513. The predicted octanol–water partition coefficient (Wildman–Crippen LogP) is 3.87. The van der Waals surface area contributed by atoms with Crippen LogP contribution in [0.4, 0.5) is 22.0 Å². The molecule has 0 bridgehead atoms. The zero-order chi connectivity index (χ0) is 15.6. The second kappa shape index (κ2) is 6.73. The summed E-state index contributed by atoms with van der Waals surface area (Å²) >= 11 is 5.51. The van der Waals surface area contributed by atoms with Gasteiger partial charge in [0.1, 0.15) is 4.90 Å². The molecule has 0 saturated heterocycles. The summed E-state index contributed by atoms with van der Waals surface area (Å²) in [6.45, 7) is 1.58. The van der Waals surface area contributed by atoms with Gasteiger partial charge in [-0.1, -0.05) is 6.92 Å². The molecule has 0 radical (unpaired) electrons. The number of hydrogen-bond acceptors (Lipinski definition) is 3. The molecule has 112 valence electrons. The molecule has 0 N–H and O–H groups in total. The fourth-order valence-electron chi connectivity index (χ4n) is 1.43. The Balaban J connectivity index is 3.19. The third kappa shape index (κ3) is 3.24. The van der Waals surface area contributed by atoms with E-state index < -0.39 is 45.3 Å². The van der Waals surface area contributed by atoms with Crippen LogP contribution < -0.4 is 0 Å². The minimum absolute atomic E-state index is 0.210. The van der Waals surface area contributed by atoms with Gasteiger partial charge in [0.25, 0.3) is 0 Å². The van der Waals surface area contributed by atoms with Crippen molar-refractivity contribution in [3.8, 4) is 0 Å². The molecule has 9 heteroatoms. The van der Waals surface area contributed by atoms with Gasteiger partial charge in [-0.05, 0) is 37.0 Å². The fraction of sp³-hybridized carbons (Fsp3) is 0.364. The number of hydrogen-bond donors (Lipinski definition) is 0. The van der Waals surface area contributed by atoms with E-state index in [1.54, 1.807) is 6.92 Å². The summed E-state index contributed by atoms with van der Waals surface area (Å²) in [5, 5.41) is -0.800. The predicted molar refractivity (Wildman–Crippen MR) is 64.8 cm³/mol. The molecule has 0 aliphatic heterocycles. The molecule has 0 heterocycles. The average Bonchev–Trinajstić information content (AvgIpc) is 2.39. The third-order valence-electron chi connectivity index (χ3n) is 2.49. The summed E-state index contributed by atoms with van der Waals surface area (Å²) in [5.41, 5.74) is 0. The number of rotatable bonds is 5. The molecule has 1 unspecified atom stereocenters. The quantitative estimate of drug-likeness (QED) is 0.268. The lowest BCUT2D eigenvalue weighted by atomic mass is 10.2. The van der Waals surface area contributed by atoms with E-state index in [0.29, 0.717) is 0 Å². The summed E-state index contributed by atoms with van der Waals surface area (Å²) in [5.74, 6) is -10.2. The highest BCUT2D eigenvalue weighted by molar-refractivity contribution is 7.97. The summed E-state index contributed by atoms with van der Waals surface area (Å²) in [6.07, 6.45) is 0.210. The topological polar surface area (TPSA) is 20.3 Å². The lowest BCUT2D eigenvalue weighted by molar-refractivity contribution is -0.114. The van der Waals surface area contributed by atoms with Crippen LogP contribution in [0, 0.1) is 29.1 Å². The van der Waals surface area contributed by atoms with Crippen LogP contribution in [-0.2, 0) is 4.79 Å². The first-order valence-electron chi connectivity index (χ1n) is 5.33. The van der Waals surface area contributed by atoms with E-state index in [9.17, 15) is 26.7 Å². The van der Waals surface area contributed by atoms with Crippen molar-refractivity contribution in [3.05, 3.63) is 29.1 Å². The average molecular weight is 334 g/mol. The Morgan fingerprint density at radius 2 is 1.50 bits per heavy atom. The van der Waals surface area contributed by atoms with Crippen molar-refractivity contribution < 1.29 is 26.7 Å². The van der Waals surface area contributed by atoms with Crippen molar-refractivity contribution in [3.63, 3.8) is 0 Å². The zero-order valence-corrected chi connectivity index (χ0v) is 11.9. The highest BCUT2D eigenvalue weighted by atomic mass is 35.5. The van der Waals surface area contributed by atoms with Gasteiger partial charge >= 0.3 is 0 Å². The smallest absolute Gasteiger partial charge is 0.239 e. The Morgan fingerprint density at radius 3 is 1.85 bits per heavy atom. The molecule has 0 amide bonds. The van der Waals surface area contributed by atoms with E-state index in [1.165, 1.54) is 7.05 Å². The lowest BCUT2D eigenvalue weighted by Crippen LogP contribution is -2.30. The molecule has 0 spiro atoms. The number of benzene rings is 1. The Labute approximate surface area is 121 Å². The first kappa shape index (κ1) is 17.2. The van der Waals surface area contributed by atoms with Gasteiger partial charge in [0.15, 0.2) is 23.3 Å². The van der Waals surface area contributed by atoms with Crippen LogP contribution in [0.2, 0.25) is 0 Å². The Kier molecular flexibility index (Phi) is 5.79. The van der Waals surface area contributed by atoms with Gasteiger partial charge in [-0.3, -0.25) is 4.79 Å². The number of halogens is 6. The van der Waals surface area contributed by atoms with Crippen molar-refractivity contribution in [2.24, 2.45) is 0 Å². The fourth-order valence-corrected chi connectivity index (χ4v) is 2.79. The first-order valence-corrected chi connectivity index (χ1v) is 6.49. The zero-order valence-electron chi connectivity index (χ0n) is 10.3. The number of carbonyl (C=O) groups excluding carboxylic acids is 1. The highest BCUT2D eigenvalue weighted by Crippen LogP contribution is 2.33. The second-order valence-electron chi connectivity index (χ2n) is 3.76. The second-order valence-corrected chi connectivity index (χ2v) is 5.30. The van der Waals surface area contributed by atoms with Crippen molar-refractivity contribution in [2.75, 3.05) is 7.05 Å². The number of nitrogens with zero attached hydrogens (tertiary/aromatic N) is 1. The molecule has 1 aromatic rings. The summed E-state index contributed by atoms with van der Waals surface area (Å²) < 4.78 is 66.8. The van der Waals surface area contributed by atoms with Crippen molar-refractivity contribution in [1.82, 2.24) is 4.31 Å². The van der Waals surface area contributed by atoms with E-state index in [1.807, 2.05) is 0 Å². The minimum atomic E-state index is -2.23. The van der Waals surface area contributed by atoms with Crippen molar-refractivity contribution in [2.45, 2.75) is 24.3 Å². The largest absolute Gasteiger partial charge is 0.279 e. The molecule has 1 rings (SSSR count). The van der Waals surface area contributed by atoms with Crippen LogP contribution in [0.25, 0.3) is 0 Å². The minimum Gasteiger partial charge on any atom is -0.279 e. The van der Waals surface area contributed by atoms with E-state index >= 15 is 0 Å². The number of likely N-dealkylation sites (N-methyl/N-ethyl adjacent to an activating group) is 1. The molecule has 0 saturated carbocycles. The van der Waals surface area contributed by atoms with Gasteiger partial charge in [-0.2, -0.15) is 0 Å². The standard InChI is InChI=1S/C11H9ClF5NOS/c1-3-4(11(12)19)18(2)20-10-8(16)6(14)5(13)7(15)9(10)17/h4H,3H2,1-2H3. The van der Waals surface area contributed by atoms with Gasteiger partial charge in [0.2, 0.25) is 11.1 Å². The Morgan fingerprint density at radius 1 is 1.10 bits per heavy atom. The highest BCUT2D eigenvalue weighted by Gasteiger charge is 2.29. The van der Waals surface area contributed by atoms with Crippen LogP contribution in [0.1, 0.15) is 13.3 Å². The van der Waals surface area contributed by atoms with Crippen LogP contribution in [0.15, 0.2) is 4.90 Å². The van der Waals surface area contributed by atoms with E-state index in [0.717, 1.165) is 4.31 Å². The van der Waals surface area contributed by atoms with Gasteiger partial charge < -0.3 is 0 Å². The van der Waals surface area contributed by atoms with Crippen molar-refractivity contribution in [1.29, 1.82) is 0 Å². The summed E-state index contributed by atoms with van der Waals surface area (Å²) in [4.78, 5) is 10.00. The summed E-state index contributed by atoms with van der Waals surface area (Å²) in [7, 11) is 1.26.